The summed E-state index contributed by atoms with van der Waals surface area (Å²) in [5.74, 6) is -0.949. The Morgan fingerprint density at radius 3 is 2.19 bits per heavy atom. The summed E-state index contributed by atoms with van der Waals surface area (Å²) in [5.41, 5.74) is -0.145. The summed E-state index contributed by atoms with van der Waals surface area (Å²) in [7, 11) is 0.480. The molecule has 0 aliphatic carbocycles. The van der Waals surface area contributed by atoms with E-state index in [4.69, 9.17) is 14.0 Å². The van der Waals surface area contributed by atoms with E-state index in [1.54, 1.807) is 6.92 Å². The van der Waals surface area contributed by atoms with E-state index in [9.17, 15) is 9.18 Å². The van der Waals surface area contributed by atoms with Crippen molar-refractivity contribution in [3.63, 3.8) is 0 Å². The van der Waals surface area contributed by atoms with Gasteiger partial charge in [-0.2, -0.15) is 0 Å². The molecule has 2 rings (SSSR count). The summed E-state index contributed by atoms with van der Waals surface area (Å²) in [6.45, 7) is 9.19. The molecule has 6 heteroatoms. The lowest BCUT2D eigenvalue weighted by Gasteiger charge is -2.32. The summed E-state index contributed by atoms with van der Waals surface area (Å²) in [6, 6.07) is 2.74. The van der Waals surface area contributed by atoms with Gasteiger partial charge in [0.05, 0.1) is 23.9 Å². The van der Waals surface area contributed by atoms with Gasteiger partial charge >= 0.3 is 13.1 Å². The normalized spacial score (nSPS) is 19.7. The molecule has 1 heterocycles. The zero-order valence-electron chi connectivity index (χ0n) is 13.2. The van der Waals surface area contributed by atoms with E-state index >= 15 is 0 Å². The van der Waals surface area contributed by atoms with E-state index in [-0.39, 0.29) is 5.56 Å². The summed E-state index contributed by atoms with van der Waals surface area (Å²) < 4.78 is 30.4. The maximum absolute atomic E-state index is 13.9. The standard InChI is InChI=1S/C15H20BFO4/c1-9-7-10(13(18)19-6)11(8-12(9)17)16-20-14(2,3)15(4,5)21-16/h7-8H,1-6H3. The van der Waals surface area contributed by atoms with E-state index in [0.29, 0.717) is 11.0 Å². The number of carbonyl (C=O) groups is 1. The second kappa shape index (κ2) is 5.11. The van der Waals surface area contributed by atoms with Crippen molar-refractivity contribution in [1.82, 2.24) is 0 Å². The van der Waals surface area contributed by atoms with Gasteiger partial charge in [-0.25, -0.2) is 9.18 Å². The summed E-state index contributed by atoms with van der Waals surface area (Å²) in [6.07, 6.45) is 0. The van der Waals surface area contributed by atoms with Gasteiger partial charge in [-0.15, -0.1) is 0 Å². The maximum atomic E-state index is 13.9. The molecule has 21 heavy (non-hydrogen) atoms. The predicted octanol–water partition coefficient (Wildman–Crippen LogP) is 2.22. The number of rotatable bonds is 2. The first-order valence-electron chi connectivity index (χ1n) is 6.83. The van der Waals surface area contributed by atoms with Crippen molar-refractivity contribution in [2.45, 2.75) is 45.8 Å². The van der Waals surface area contributed by atoms with Crippen LogP contribution in [0, 0.1) is 12.7 Å². The number of methoxy groups -OCH3 is 1. The molecule has 1 aliphatic heterocycles. The molecule has 0 radical (unpaired) electrons. The minimum atomic E-state index is -0.806. The van der Waals surface area contributed by atoms with Crippen LogP contribution in [0.1, 0.15) is 43.6 Å². The predicted molar refractivity (Wildman–Crippen MR) is 78.2 cm³/mol. The largest absolute Gasteiger partial charge is 0.495 e. The number of aryl methyl sites for hydroxylation is 1. The van der Waals surface area contributed by atoms with Gasteiger partial charge in [-0.1, -0.05) is 0 Å². The van der Waals surface area contributed by atoms with Gasteiger partial charge in [0.1, 0.15) is 5.82 Å². The highest BCUT2D eigenvalue weighted by Crippen LogP contribution is 2.36. The van der Waals surface area contributed by atoms with Gasteiger partial charge in [0.2, 0.25) is 0 Å². The molecule has 1 aliphatic rings. The monoisotopic (exact) mass is 294 g/mol. The maximum Gasteiger partial charge on any atom is 0.495 e. The SMILES string of the molecule is COC(=O)c1cc(C)c(F)cc1B1OC(C)(C)C(C)(C)O1. The van der Waals surface area contributed by atoms with Crippen molar-refractivity contribution < 1.29 is 23.2 Å². The fourth-order valence-corrected chi connectivity index (χ4v) is 2.15. The molecule has 0 spiro atoms. The van der Waals surface area contributed by atoms with Crippen LogP contribution in [0.3, 0.4) is 0 Å². The van der Waals surface area contributed by atoms with E-state index in [1.165, 1.54) is 19.2 Å². The summed E-state index contributed by atoms with van der Waals surface area (Å²) >= 11 is 0. The molecule has 4 nitrogen and oxygen atoms in total. The fourth-order valence-electron chi connectivity index (χ4n) is 2.15. The van der Waals surface area contributed by atoms with E-state index < -0.39 is 30.1 Å². The Morgan fingerprint density at radius 2 is 1.71 bits per heavy atom. The minimum absolute atomic E-state index is 0.259. The van der Waals surface area contributed by atoms with E-state index in [2.05, 4.69) is 0 Å². The Bertz CT molecular complexity index is 567. The van der Waals surface area contributed by atoms with Crippen LogP contribution in [-0.4, -0.2) is 31.4 Å². The lowest BCUT2D eigenvalue weighted by atomic mass is 9.75. The second-order valence-electron chi connectivity index (χ2n) is 6.27. The molecule has 0 saturated carbocycles. The fraction of sp³-hybridized carbons (Fsp3) is 0.533. The lowest BCUT2D eigenvalue weighted by molar-refractivity contribution is 0.00578. The highest BCUT2D eigenvalue weighted by atomic mass is 19.1. The van der Waals surface area contributed by atoms with E-state index in [0.717, 1.165) is 0 Å². The number of carbonyl (C=O) groups excluding carboxylic acids is 1. The topological polar surface area (TPSA) is 44.8 Å². The third-order valence-electron chi connectivity index (χ3n) is 4.24. The van der Waals surface area contributed by atoms with Gasteiger partial charge in [0.15, 0.2) is 0 Å². The molecule has 1 aromatic rings. The molecule has 0 aromatic heterocycles. The van der Waals surface area contributed by atoms with Crippen LogP contribution in [0.4, 0.5) is 4.39 Å². The Kier molecular flexibility index (Phi) is 3.89. The first-order valence-corrected chi connectivity index (χ1v) is 6.83. The van der Waals surface area contributed by atoms with Crippen LogP contribution in [0.25, 0.3) is 0 Å². The van der Waals surface area contributed by atoms with Crippen molar-refractivity contribution in [2.24, 2.45) is 0 Å². The number of halogens is 1. The molecule has 0 N–H and O–H groups in total. The van der Waals surface area contributed by atoms with Crippen LogP contribution in [0.15, 0.2) is 12.1 Å². The Labute approximate surface area is 124 Å². The van der Waals surface area contributed by atoms with Crippen molar-refractivity contribution in [1.29, 1.82) is 0 Å². The molecule has 1 saturated heterocycles. The Hall–Kier alpha value is -1.40. The first kappa shape index (κ1) is 16.0. The van der Waals surface area contributed by atoms with E-state index in [1.807, 2.05) is 27.7 Å². The number of esters is 1. The Morgan fingerprint density at radius 1 is 1.19 bits per heavy atom. The molecule has 1 fully saturated rings. The average molecular weight is 294 g/mol. The van der Waals surface area contributed by atoms with Crippen LogP contribution in [0.5, 0.6) is 0 Å². The Balaban J connectivity index is 2.50. The smallest absolute Gasteiger partial charge is 0.465 e. The van der Waals surface area contributed by atoms with Crippen molar-refractivity contribution in [3.8, 4) is 0 Å². The zero-order valence-corrected chi connectivity index (χ0v) is 13.2. The van der Waals surface area contributed by atoms with Gasteiger partial charge in [0, 0.05) is 0 Å². The first-order chi connectivity index (χ1) is 9.59. The number of ether oxygens (including phenoxy) is 1. The molecule has 0 amide bonds. The van der Waals surface area contributed by atoms with Crippen molar-refractivity contribution >= 4 is 18.6 Å². The molecule has 0 bridgehead atoms. The zero-order chi connectivity index (χ0) is 16.0. The summed E-state index contributed by atoms with van der Waals surface area (Å²) in [4.78, 5) is 11.9. The van der Waals surface area contributed by atoms with Crippen molar-refractivity contribution in [3.05, 3.63) is 29.1 Å². The average Bonchev–Trinajstić information content (AvgIpc) is 2.60. The van der Waals surface area contributed by atoms with Gasteiger partial charge in [-0.3, -0.25) is 0 Å². The second-order valence-corrected chi connectivity index (χ2v) is 6.27. The summed E-state index contributed by atoms with van der Waals surface area (Å²) in [5, 5.41) is 0. The highest BCUT2D eigenvalue weighted by Gasteiger charge is 2.52. The van der Waals surface area contributed by atoms with Crippen LogP contribution in [-0.2, 0) is 14.0 Å². The minimum Gasteiger partial charge on any atom is -0.465 e. The quantitative estimate of drug-likeness (QED) is 0.620. The number of hydrogen-bond donors (Lipinski definition) is 0. The van der Waals surface area contributed by atoms with Crippen LogP contribution in [0.2, 0.25) is 0 Å². The molecule has 1 aromatic carbocycles. The van der Waals surface area contributed by atoms with Gasteiger partial charge in [0.25, 0.3) is 0 Å². The molecule has 114 valence electrons. The lowest BCUT2D eigenvalue weighted by Crippen LogP contribution is -2.41. The molecular weight excluding hydrogens is 274 g/mol. The van der Waals surface area contributed by atoms with Gasteiger partial charge < -0.3 is 14.0 Å². The molecule has 0 unspecified atom stereocenters. The molecule has 0 atom stereocenters. The third-order valence-corrected chi connectivity index (χ3v) is 4.24. The van der Waals surface area contributed by atoms with Gasteiger partial charge in [-0.05, 0) is 57.8 Å². The van der Waals surface area contributed by atoms with Crippen LogP contribution < -0.4 is 5.46 Å². The third kappa shape index (κ3) is 2.70. The highest BCUT2D eigenvalue weighted by molar-refractivity contribution is 6.63. The van der Waals surface area contributed by atoms with Crippen molar-refractivity contribution in [2.75, 3.05) is 7.11 Å². The molecular formula is C15H20BFO4. The number of hydrogen-bond acceptors (Lipinski definition) is 4. The van der Waals surface area contributed by atoms with Crippen LogP contribution >= 0.6 is 0 Å². The number of benzene rings is 1.